The van der Waals surface area contributed by atoms with Crippen LogP contribution in [0.4, 0.5) is 5.69 Å². The summed E-state index contributed by atoms with van der Waals surface area (Å²) in [6.07, 6.45) is 0.919. The van der Waals surface area contributed by atoms with Gasteiger partial charge in [0.05, 0.1) is 14.2 Å². The molecule has 1 heterocycles. The van der Waals surface area contributed by atoms with Gasteiger partial charge < -0.3 is 14.4 Å². The Labute approximate surface area is 161 Å². The molecule has 1 saturated heterocycles. The third-order valence-corrected chi connectivity index (χ3v) is 5.50. The molecule has 0 spiro atoms. The van der Waals surface area contributed by atoms with Crippen molar-refractivity contribution in [3.63, 3.8) is 0 Å². The van der Waals surface area contributed by atoms with E-state index in [1.54, 1.807) is 14.2 Å². The fraction of sp³-hybridized carbons (Fsp3) is 0.409. The number of rotatable bonds is 6. The lowest BCUT2D eigenvalue weighted by atomic mass is 10.0. The van der Waals surface area contributed by atoms with Crippen LogP contribution in [0.5, 0.6) is 11.5 Å². The van der Waals surface area contributed by atoms with Crippen molar-refractivity contribution in [2.24, 2.45) is 0 Å². The Morgan fingerprint density at radius 3 is 2.26 bits per heavy atom. The SMILES string of the molecule is COc1ccc(C(C)N2CCN(c3ccc(C=O)c(C)c3)CC2)cc1OC. The number of aldehydes is 1. The third-order valence-electron chi connectivity index (χ3n) is 5.50. The van der Waals surface area contributed by atoms with Gasteiger partial charge >= 0.3 is 0 Å². The molecule has 1 unspecified atom stereocenters. The average molecular weight is 368 g/mol. The summed E-state index contributed by atoms with van der Waals surface area (Å²) in [5.74, 6) is 1.53. The van der Waals surface area contributed by atoms with Crippen LogP contribution in [0.25, 0.3) is 0 Å². The van der Waals surface area contributed by atoms with E-state index in [-0.39, 0.29) is 0 Å². The number of hydrogen-bond acceptors (Lipinski definition) is 5. The Kier molecular flexibility index (Phi) is 6.01. The number of carbonyl (C=O) groups is 1. The molecule has 0 bridgehead atoms. The van der Waals surface area contributed by atoms with Crippen molar-refractivity contribution >= 4 is 12.0 Å². The second-order valence-corrected chi connectivity index (χ2v) is 6.97. The van der Waals surface area contributed by atoms with E-state index in [9.17, 15) is 4.79 Å². The minimum Gasteiger partial charge on any atom is -0.493 e. The maximum atomic E-state index is 11.0. The first kappa shape index (κ1) is 19.2. The van der Waals surface area contributed by atoms with Gasteiger partial charge in [-0.15, -0.1) is 0 Å². The quantitative estimate of drug-likeness (QED) is 0.727. The molecule has 5 nitrogen and oxygen atoms in total. The highest BCUT2D eigenvalue weighted by Gasteiger charge is 2.23. The van der Waals surface area contributed by atoms with Crippen LogP contribution in [0.3, 0.4) is 0 Å². The molecule has 1 aliphatic rings. The molecule has 0 saturated carbocycles. The number of hydrogen-bond donors (Lipinski definition) is 0. The number of ether oxygens (including phenoxy) is 2. The van der Waals surface area contributed by atoms with Crippen molar-refractivity contribution in [3.8, 4) is 11.5 Å². The number of methoxy groups -OCH3 is 2. The standard InChI is InChI=1S/C22H28N2O3/c1-16-13-20(7-5-19(16)15-25)24-11-9-23(10-12-24)17(2)18-6-8-21(26-3)22(14-18)27-4/h5-8,13-15,17H,9-12H2,1-4H3. The van der Waals surface area contributed by atoms with Crippen LogP contribution in [-0.2, 0) is 0 Å². The van der Waals surface area contributed by atoms with Crippen molar-refractivity contribution in [1.82, 2.24) is 4.90 Å². The fourth-order valence-corrected chi connectivity index (χ4v) is 3.68. The lowest BCUT2D eigenvalue weighted by molar-refractivity contribution is 0.112. The summed E-state index contributed by atoms with van der Waals surface area (Å²) in [4.78, 5) is 15.9. The van der Waals surface area contributed by atoms with Gasteiger partial charge in [-0.3, -0.25) is 9.69 Å². The zero-order chi connectivity index (χ0) is 19.4. The van der Waals surface area contributed by atoms with Gasteiger partial charge in [0.25, 0.3) is 0 Å². The second-order valence-electron chi connectivity index (χ2n) is 6.97. The molecule has 5 heteroatoms. The van der Waals surface area contributed by atoms with Crippen LogP contribution in [0, 0.1) is 6.92 Å². The van der Waals surface area contributed by atoms with Gasteiger partial charge in [0.1, 0.15) is 6.29 Å². The molecule has 144 valence electrons. The maximum absolute atomic E-state index is 11.0. The molecule has 0 aromatic heterocycles. The van der Waals surface area contributed by atoms with Gasteiger partial charge in [0, 0.05) is 43.5 Å². The minimum absolute atomic E-state index is 0.311. The molecule has 3 rings (SSSR count). The van der Waals surface area contributed by atoms with Gasteiger partial charge in [-0.05, 0) is 55.3 Å². The molecule has 1 fully saturated rings. The first-order valence-corrected chi connectivity index (χ1v) is 9.34. The van der Waals surface area contributed by atoms with E-state index >= 15 is 0 Å². The van der Waals surface area contributed by atoms with Crippen molar-refractivity contribution in [2.75, 3.05) is 45.3 Å². The predicted molar refractivity (Wildman–Crippen MR) is 108 cm³/mol. The summed E-state index contributed by atoms with van der Waals surface area (Å²) in [5.41, 5.74) is 4.21. The van der Waals surface area contributed by atoms with E-state index in [0.29, 0.717) is 6.04 Å². The van der Waals surface area contributed by atoms with E-state index in [1.807, 2.05) is 25.1 Å². The second kappa shape index (κ2) is 8.44. The summed E-state index contributed by atoms with van der Waals surface area (Å²) in [6, 6.07) is 12.5. The van der Waals surface area contributed by atoms with Crippen LogP contribution in [0.1, 0.15) is 34.5 Å². The zero-order valence-electron chi connectivity index (χ0n) is 16.6. The van der Waals surface area contributed by atoms with Crippen LogP contribution in [0.2, 0.25) is 0 Å². The van der Waals surface area contributed by atoms with Gasteiger partial charge in [0.15, 0.2) is 11.5 Å². The maximum Gasteiger partial charge on any atom is 0.161 e. The summed E-state index contributed by atoms with van der Waals surface area (Å²) < 4.78 is 10.8. The van der Waals surface area contributed by atoms with E-state index in [0.717, 1.165) is 55.1 Å². The van der Waals surface area contributed by atoms with E-state index in [4.69, 9.17) is 9.47 Å². The smallest absolute Gasteiger partial charge is 0.161 e. The first-order valence-electron chi connectivity index (χ1n) is 9.34. The van der Waals surface area contributed by atoms with E-state index < -0.39 is 0 Å². The summed E-state index contributed by atoms with van der Waals surface area (Å²) in [5, 5.41) is 0. The van der Waals surface area contributed by atoms with Gasteiger partial charge in [-0.25, -0.2) is 0 Å². The Bertz CT molecular complexity index is 798. The van der Waals surface area contributed by atoms with Crippen molar-refractivity contribution < 1.29 is 14.3 Å². The summed E-state index contributed by atoms with van der Waals surface area (Å²) in [7, 11) is 3.33. The fourth-order valence-electron chi connectivity index (χ4n) is 3.68. The van der Waals surface area contributed by atoms with Gasteiger partial charge in [-0.2, -0.15) is 0 Å². The highest BCUT2D eigenvalue weighted by molar-refractivity contribution is 5.78. The Morgan fingerprint density at radius 1 is 0.963 bits per heavy atom. The topological polar surface area (TPSA) is 42.0 Å². The first-order chi connectivity index (χ1) is 13.1. The molecule has 1 atom stereocenters. The van der Waals surface area contributed by atoms with Crippen molar-refractivity contribution in [3.05, 3.63) is 53.1 Å². The van der Waals surface area contributed by atoms with Crippen LogP contribution in [0.15, 0.2) is 36.4 Å². The Morgan fingerprint density at radius 2 is 1.67 bits per heavy atom. The molecule has 27 heavy (non-hydrogen) atoms. The van der Waals surface area contributed by atoms with Crippen LogP contribution >= 0.6 is 0 Å². The molecule has 2 aromatic carbocycles. The Hall–Kier alpha value is -2.53. The molecular weight excluding hydrogens is 340 g/mol. The van der Waals surface area contributed by atoms with Gasteiger partial charge in [0.2, 0.25) is 0 Å². The number of aryl methyl sites for hydroxylation is 1. The Balaban J connectivity index is 1.66. The molecule has 0 N–H and O–H groups in total. The monoisotopic (exact) mass is 368 g/mol. The molecule has 2 aromatic rings. The van der Waals surface area contributed by atoms with Crippen LogP contribution < -0.4 is 14.4 Å². The third kappa shape index (κ3) is 4.08. The molecule has 1 aliphatic heterocycles. The number of piperazine rings is 1. The number of anilines is 1. The molecule has 0 radical (unpaired) electrons. The predicted octanol–water partition coefficient (Wildman–Crippen LogP) is 3.71. The van der Waals surface area contributed by atoms with Crippen molar-refractivity contribution in [2.45, 2.75) is 19.9 Å². The highest BCUT2D eigenvalue weighted by atomic mass is 16.5. The summed E-state index contributed by atoms with van der Waals surface area (Å²) in [6.45, 7) is 8.14. The molecular formula is C22H28N2O3. The average Bonchev–Trinajstić information content (AvgIpc) is 2.72. The normalized spacial score (nSPS) is 16.1. The lowest BCUT2D eigenvalue weighted by Gasteiger charge is -2.39. The number of nitrogens with zero attached hydrogens (tertiary/aromatic N) is 2. The van der Waals surface area contributed by atoms with E-state index in [2.05, 4.69) is 34.9 Å². The number of benzene rings is 2. The van der Waals surface area contributed by atoms with Gasteiger partial charge in [-0.1, -0.05) is 6.07 Å². The minimum atomic E-state index is 0.311. The lowest BCUT2D eigenvalue weighted by Crippen LogP contribution is -2.47. The van der Waals surface area contributed by atoms with E-state index in [1.165, 1.54) is 11.3 Å². The largest absolute Gasteiger partial charge is 0.493 e. The molecule has 0 amide bonds. The number of carbonyl (C=O) groups excluding carboxylic acids is 1. The molecule has 0 aliphatic carbocycles. The van der Waals surface area contributed by atoms with Crippen molar-refractivity contribution in [1.29, 1.82) is 0 Å². The highest BCUT2D eigenvalue weighted by Crippen LogP contribution is 2.32. The zero-order valence-corrected chi connectivity index (χ0v) is 16.6. The summed E-state index contributed by atoms with van der Waals surface area (Å²) >= 11 is 0. The van der Waals surface area contributed by atoms with Crippen LogP contribution in [-0.4, -0.2) is 51.6 Å².